The van der Waals surface area contributed by atoms with Gasteiger partial charge in [-0.3, -0.25) is 14.7 Å². The summed E-state index contributed by atoms with van der Waals surface area (Å²) in [6.07, 6.45) is 0. The fourth-order valence-electron chi connectivity index (χ4n) is 3.59. The number of para-hydroxylation sites is 2. The quantitative estimate of drug-likeness (QED) is 0.895. The Hall–Kier alpha value is -2.83. The van der Waals surface area contributed by atoms with Crippen LogP contribution in [0.5, 0.6) is 0 Å². The van der Waals surface area contributed by atoms with Crippen LogP contribution in [0.2, 0.25) is 0 Å². The number of carbonyl (C=O) groups excluding carboxylic acids is 1. The highest BCUT2D eigenvalue weighted by molar-refractivity contribution is 6.17. The van der Waals surface area contributed by atoms with Crippen LogP contribution in [-0.4, -0.2) is 55.2 Å². The topological polar surface area (TPSA) is 66.3 Å². The number of fused-ring (bicyclic) bond motifs is 1. The Balaban J connectivity index is 1.65. The first-order chi connectivity index (χ1) is 13.7. The number of carbonyl (C=O) groups is 1. The predicted molar refractivity (Wildman–Crippen MR) is 111 cm³/mol. The van der Waals surface area contributed by atoms with E-state index in [1.807, 2.05) is 61.5 Å². The molecule has 2 aliphatic rings. The molecule has 1 atom stereocenters. The monoisotopic (exact) mass is 376 g/mol. The van der Waals surface area contributed by atoms with E-state index < -0.39 is 0 Å². The van der Waals surface area contributed by atoms with Crippen molar-refractivity contribution in [3.63, 3.8) is 0 Å². The summed E-state index contributed by atoms with van der Waals surface area (Å²) in [6.45, 7) is 5.20. The molecule has 1 amide bonds. The fraction of sp³-hybridized carbons (Fsp3) is 0.318. The Morgan fingerprint density at radius 2 is 1.68 bits per heavy atom. The predicted octanol–water partition coefficient (Wildman–Crippen LogP) is 3.05. The normalized spacial score (nSPS) is 19.8. The van der Waals surface area contributed by atoms with Gasteiger partial charge in [-0.05, 0) is 24.6 Å². The molecule has 0 radical (unpaired) electrons. The van der Waals surface area contributed by atoms with Gasteiger partial charge in [-0.15, -0.1) is 0 Å². The van der Waals surface area contributed by atoms with Gasteiger partial charge in [0, 0.05) is 18.8 Å². The van der Waals surface area contributed by atoms with Crippen molar-refractivity contribution in [2.24, 2.45) is 9.98 Å². The van der Waals surface area contributed by atoms with Crippen molar-refractivity contribution in [3.05, 3.63) is 60.2 Å². The maximum atomic E-state index is 12.8. The van der Waals surface area contributed by atoms with E-state index in [1.165, 1.54) is 0 Å². The standard InChI is InChI=1S/C22H24N4O2/c1-16-21(17-7-3-2-4-8-17)22(24-19-10-6-5-9-18(19)23-16)25-20(27)15-26-11-13-28-14-12-26/h2-10,21H,11-15H2,1H3,(H,24,25,27). The van der Waals surface area contributed by atoms with E-state index in [0.29, 0.717) is 25.6 Å². The number of nitrogens with one attached hydrogen (secondary N) is 1. The van der Waals surface area contributed by atoms with Gasteiger partial charge in [0.1, 0.15) is 5.84 Å². The molecule has 2 heterocycles. The summed E-state index contributed by atoms with van der Waals surface area (Å²) in [5, 5.41) is 3.07. The van der Waals surface area contributed by atoms with Crippen LogP contribution < -0.4 is 5.32 Å². The Kier molecular flexibility index (Phi) is 5.60. The van der Waals surface area contributed by atoms with E-state index in [0.717, 1.165) is 35.7 Å². The van der Waals surface area contributed by atoms with Gasteiger partial charge in [-0.2, -0.15) is 0 Å². The number of aliphatic imine (C=N–C) groups is 2. The molecule has 6 nitrogen and oxygen atoms in total. The van der Waals surface area contributed by atoms with Crippen LogP contribution in [-0.2, 0) is 9.53 Å². The number of rotatable bonds is 3. The second-order valence-electron chi connectivity index (χ2n) is 7.02. The summed E-state index contributed by atoms with van der Waals surface area (Å²) >= 11 is 0. The minimum atomic E-state index is -0.192. The molecule has 4 rings (SSSR count). The molecule has 1 N–H and O–H groups in total. The Morgan fingerprint density at radius 3 is 2.39 bits per heavy atom. The summed E-state index contributed by atoms with van der Waals surface area (Å²) in [4.78, 5) is 24.5. The van der Waals surface area contributed by atoms with Gasteiger partial charge in [0.05, 0.1) is 37.1 Å². The van der Waals surface area contributed by atoms with Gasteiger partial charge >= 0.3 is 0 Å². The highest BCUT2D eigenvalue weighted by Crippen LogP contribution is 2.34. The lowest BCUT2D eigenvalue weighted by atomic mass is 9.93. The van der Waals surface area contributed by atoms with Crippen LogP contribution in [0.15, 0.2) is 64.6 Å². The van der Waals surface area contributed by atoms with E-state index in [4.69, 9.17) is 14.7 Å². The van der Waals surface area contributed by atoms with E-state index in [9.17, 15) is 4.79 Å². The molecule has 0 bridgehead atoms. The molecule has 0 aromatic heterocycles. The molecule has 2 aromatic carbocycles. The van der Waals surface area contributed by atoms with Crippen molar-refractivity contribution in [2.75, 3.05) is 32.8 Å². The zero-order chi connectivity index (χ0) is 19.3. The smallest absolute Gasteiger partial charge is 0.239 e. The molecule has 6 heteroatoms. The van der Waals surface area contributed by atoms with Gasteiger partial charge in [-0.25, -0.2) is 4.99 Å². The third-order valence-electron chi connectivity index (χ3n) is 4.98. The largest absolute Gasteiger partial charge is 0.379 e. The van der Waals surface area contributed by atoms with E-state index >= 15 is 0 Å². The minimum absolute atomic E-state index is 0.0613. The van der Waals surface area contributed by atoms with E-state index in [-0.39, 0.29) is 11.8 Å². The molecule has 1 saturated heterocycles. The third kappa shape index (κ3) is 4.18. The molecule has 28 heavy (non-hydrogen) atoms. The first-order valence-electron chi connectivity index (χ1n) is 9.58. The summed E-state index contributed by atoms with van der Waals surface area (Å²) < 4.78 is 5.36. The molecule has 0 aliphatic carbocycles. The minimum Gasteiger partial charge on any atom is -0.379 e. The molecule has 1 unspecified atom stereocenters. The molecule has 144 valence electrons. The van der Waals surface area contributed by atoms with Crippen molar-refractivity contribution >= 4 is 28.8 Å². The van der Waals surface area contributed by atoms with Gasteiger partial charge in [0.2, 0.25) is 5.91 Å². The Bertz CT molecular complexity index is 902. The fourth-order valence-corrected chi connectivity index (χ4v) is 3.59. The first-order valence-corrected chi connectivity index (χ1v) is 9.58. The molecule has 2 aromatic rings. The van der Waals surface area contributed by atoms with Crippen molar-refractivity contribution in [3.8, 4) is 0 Å². The number of nitrogens with zero attached hydrogens (tertiary/aromatic N) is 3. The van der Waals surface area contributed by atoms with Gasteiger partial charge in [-0.1, -0.05) is 42.5 Å². The van der Waals surface area contributed by atoms with Gasteiger partial charge < -0.3 is 10.1 Å². The van der Waals surface area contributed by atoms with Crippen LogP contribution in [0.3, 0.4) is 0 Å². The summed E-state index contributed by atoms with van der Waals surface area (Å²) in [6, 6.07) is 17.8. The number of amides is 1. The average molecular weight is 376 g/mol. The Labute approximate surface area is 165 Å². The molecule has 1 fully saturated rings. The summed E-state index contributed by atoms with van der Waals surface area (Å²) in [7, 11) is 0. The van der Waals surface area contributed by atoms with Crippen molar-refractivity contribution in [1.29, 1.82) is 0 Å². The Morgan fingerprint density at radius 1 is 1.04 bits per heavy atom. The van der Waals surface area contributed by atoms with E-state index in [1.54, 1.807) is 0 Å². The van der Waals surface area contributed by atoms with Crippen LogP contribution in [0.25, 0.3) is 0 Å². The maximum Gasteiger partial charge on any atom is 0.239 e. The number of benzene rings is 2. The van der Waals surface area contributed by atoms with Crippen LogP contribution >= 0.6 is 0 Å². The molecular formula is C22H24N4O2. The van der Waals surface area contributed by atoms with Gasteiger partial charge in [0.15, 0.2) is 0 Å². The second-order valence-corrected chi connectivity index (χ2v) is 7.02. The zero-order valence-corrected chi connectivity index (χ0v) is 16.0. The lowest BCUT2D eigenvalue weighted by molar-refractivity contribution is -0.121. The summed E-state index contributed by atoms with van der Waals surface area (Å²) in [5.74, 6) is 0.367. The van der Waals surface area contributed by atoms with Crippen molar-refractivity contribution in [2.45, 2.75) is 12.8 Å². The highest BCUT2D eigenvalue weighted by atomic mass is 16.5. The number of ether oxygens (including phenoxy) is 1. The first kappa shape index (κ1) is 18.5. The van der Waals surface area contributed by atoms with Crippen LogP contribution in [0.4, 0.5) is 11.4 Å². The number of amidine groups is 1. The SMILES string of the molecule is CC1=Nc2ccccc2N=C(NC(=O)CN2CCOCC2)C1c1ccccc1. The second kappa shape index (κ2) is 8.46. The molecule has 0 saturated carbocycles. The number of hydrogen-bond donors (Lipinski definition) is 1. The molecule has 2 aliphatic heterocycles. The van der Waals surface area contributed by atoms with Crippen molar-refractivity contribution < 1.29 is 9.53 Å². The van der Waals surface area contributed by atoms with Gasteiger partial charge in [0.25, 0.3) is 0 Å². The third-order valence-corrected chi connectivity index (χ3v) is 4.98. The van der Waals surface area contributed by atoms with Crippen LogP contribution in [0, 0.1) is 0 Å². The van der Waals surface area contributed by atoms with E-state index in [2.05, 4.69) is 10.2 Å². The lowest BCUT2D eigenvalue weighted by Crippen LogP contribution is -2.46. The number of morpholine rings is 1. The molecule has 0 spiro atoms. The zero-order valence-electron chi connectivity index (χ0n) is 16.0. The average Bonchev–Trinajstić information content (AvgIpc) is 2.84. The summed E-state index contributed by atoms with van der Waals surface area (Å²) in [5.41, 5.74) is 3.55. The number of hydrogen-bond acceptors (Lipinski definition) is 5. The molecular weight excluding hydrogens is 352 g/mol. The highest BCUT2D eigenvalue weighted by Gasteiger charge is 2.27. The maximum absolute atomic E-state index is 12.8. The van der Waals surface area contributed by atoms with Crippen molar-refractivity contribution in [1.82, 2.24) is 10.2 Å². The van der Waals surface area contributed by atoms with Crippen LogP contribution in [0.1, 0.15) is 18.4 Å². The lowest BCUT2D eigenvalue weighted by Gasteiger charge is -2.26.